The van der Waals surface area contributed by atoms with Crippen LogP contribution in [0.25, 0.3) is 11.3 Å². The van der Waals surface area contributed by atoms with Crippen LogP contribution in [0.1, 0.15) is 29.5 Å². The van der Waals surface area contributed by atoms with Gasteiger partial charge in [0.05, 0.1) is 10.7 Å². The molecule has 2 N–H and O–H groups in total. The first-order chi connectivity index (χ1) is 16.3. The number of rotatable bonds is 9. The van der Waals surface area contributed by atoms with Crippen LogP contribution >= 0.6 is 11.3 Å². The molecule has 176 valence electrons. The summed E-state index contributed by atoms with van der Waals surface area (Å²) in [6.07, 6.45) is 1.78. The van der Waals surface area contributed by atoms with Crippen LogP contribution in [0.2, 0.25) is 0 Å². The van der Waals surface area contributed by atoms with Crippen molar-refractivity contribution >= 4 is 29.2 Å². The summed E-state index contributed by atoms with van der Waals surface area (Å²) < 4.78 is 0. The van der Waals surface area contributed by atoms with Gasteiger partial charge >= 0.3 is 6.03 Å². The van der Waals surface area contributed by atoms with Crippen LogP contribution < -0.4 is 10.6 Å². The van der Waals surface area contributed by atoms with Crippen molar-refractivity contribution in [1.29, 1.82) is 0 Å². The Labute approximate surface area is 203 Å². The molecule has 1 saturated heterocycles. The minimum absolute atomic E-state index is 0.284. The molecule has 2 aromatic carbocycles. The maximum atomic E-state index is 12.9. The zero-order chi connectivity index (χ0) is 24.1. The van der Waals surface area contributed by atoms with Gasteiger partial charge in [-0.2, -0.15) is 0 Å². The van der Waals surface area contributed by atoms with Gasteiger partial charge in [-0.25, -0.2) is 9.78 Å². The number of aryl methyl sites for hydroxylation is 2. The number of hydrogen-bond acceptors (Lipinski definition) is 5. The number of hydrogen-bond donors (Lipinski definition) is 2. The summed E-state index contributed by atoms with van der Waals surface area (Å²) in [6.45, 7) is 3.83. The zero-order valence-electron chi connectivity index (χ0n) is 19.3. The maximum Gasteiger partial charge on any atom is 0.325 e. The van der Waals surface area contributed by atoms with Gasteiger partial charge in [-0.15, -0.1) is 11.3 Å². The molecule has 0 spiro atoms. The molecule has 0 unspecified atom stereocenters. The molecule has 4 amide bonds. The van der Waals surface area contributed by atoms with Gasteiger partial charge in [-0.05, 0) is 44.2 Å². The summed E-state index contributed by atoms with van der Waals surface area (Å²) in [7, 11) is 0. The molecule has 0 bridgehead atoms. The first-order valence-corrected chi connectivity index (χ1v) is 12.2. The number of amides is 4. The average molecular weight is 477 g/mol. The second-order valence-corrected chi connectivity index (χ2v) is 9.75. The second kappa shape index (κ2) is 10.2. The van der Waals surface area contributed by atoms with Crippen molar-refractivity contribution in [2.45, 2.75) is 38.6 Å². The molecule has 1 aromatic heterocycles. The molecule has 2 heterocycles. The van der Waals surface area contributed by atoms with Crippen LogP contribution in [0.3, 0.4) is 0 Å². The molecule has 3 aromatic rings. The van der Waals surface area contributed by atoms with Gasteiger partial charge < -0.3 is 10.6 Å². The number of urea groups is 1. The predicted molar refractivity (Wildman–Crippen MR) is 132 cm³/mol. The minimum atomic E-state index is -1.01. The monoisotopic (exact) mass is 476 g/mol. The van der Waals surface area contributed by atoms with Crippen LogP contribution in [-0.2, 0) is 22.4 Å². The fourth-order valence-electron chi connectivity index (χ4n) is 3.98. The summed E-state index contributed by atoms with van der Waals surface area (Å²) in [5.41, 5.74) is 3.19. The molecule has 1 aliphatic rings. The fraction of sp³-hybridized carbons (Fsp3) is 0.308. The van der Waals surface area contributed by atoms with E-state index in [0.29, 0.717) is 25.8 Å². The first-order valence-electron chi connectivity index (χ1n) is 11.3. The zero-order valence-corrected chi connectivity index (χ0v) is 20.2. The Morgan fingerprint density at radius 1 is 1.06 bits per heavy atom. The molecule has 34 heavy (non-hydrogen) atoms. The summed E-state index contributed by atoms with van der Waals surface area (Å²) >= 11 is 1.62. The van der Waals surface area contributed by atoms with E-state index in [1.54, 1.807) is 18.3 Å². The van der Waals surface area contributed by atoms with Crippen molar-refractivity contribution in [3.8, 4) is 11.3 Å². The Morgan fingerprint density at radius 2 is 1.76 bits per heavy atom. The highest BCUT2D eigenvalue weighted by molar-refractivity contribution is 7.09. The Hall–Kier alpha value is -3.52. The van der Waals surface area contributed by atoms with Crippen LogP contribution in [0.4, 0.5) is 4.79 Å². The van der Waals surface area contributed by atoms with Crippen molar-refractivity contribution < 1.29 is 14.4 Å². The molecule has 4 rings (SSSR count). The Balaban J connectivity index is 1.25. The molecular weight excluding hydrogens is 448 g/mol. The lowest BCUT2D eigenvalue weighted by molar-refractivity contribution is -0.134. The number of nitrogens with one attached hydrogen (secondary N) is 2. The average Bonchev–Trinajstić information content (AvgIpc) is 3.36. The number of aromatic nitrogens is 1. The predicted octanol–water partition coefficient (Wildman–Crippen LogP) is 3.72. The Kier molecular flexibility index (Phi) is 7.07. The molecule has 7 nitrogen and oxygen atoms in total. The lowest BCUT2D eigenvalue weighted by Gasteiger charge is -2.21. The van der Waals surface area contributed by atoms with Gasteiger partial charge in [-0.3, -0.25) is 14.5 Å². The van der Waals surface area contributed by atoms with Gasteiger partial charge in [-0.1, -0.05) is 54.6 Å². The van der Waals surface area contributed by atoms with E-state index >= 15 is 0 Å². The van der Waals surface area contributed by atoms with Gasteiger partial charge in [0.15, 0.2) is 0 Å². The first kappa shape index (κ1) is 23.6. The molecule has 0 saturated carbocycles. The molecule has 8 heteroatoms. The lowest BCUT2D eigenvalue weighted by atomic mass is 9.93. The van der Waals surface area contributed by atoms with E-state index in [2.05, 4.69) is 15.6 Å². The quantitative estimate of drug-likeness (QED) is 0.461. The highest BCUT2D eigenvalue weighted by atomic mass is 32.1. The Bertz CT molecular complexity index is 1180. The molecular formula is C26H28N4O3S. The third-order valence-electron chi connectivity index (χ3n) is 6.01. The summed E-state index contributed by atoms with van der Waals surface area (Å²) in [4.78, 5) is 43.2. The van der Waals surface area contributed by atoms with Crippen LogP contribution in [0.15, 0.2) is 60.0 Å². The number of carbonyl (C=O) groups is 3. The normalized spacial score (nSPS) is 17.6. The van der Waals surface area contributed by atoms with Crippen LogP contribution in [-0.4, -0.2) is 46.4 Å². The second-order valence-electron chi connectivity index (χ2n) is 8.69. The highest BCUT2D eigenvalue weighted by Gasteiger charge is 2.47. The van der Waals surface area contributed by atoms with E-state index in [1.807, 2.05) is 66.9 Å². The number of nitrogens with zero attached hydrogens (tertiary/aromatic N) is 2. The standard InChI is InChI=1S/C26H28N4O3S/c1-18-28-22(17-34-18)21-10-8-20(9-11-21)13-15-27-23(31)16-30-24(32)26(2,29-25(30)33)14-12-19-6-4-3-5-7-19/h3-11,17H,12-16H2,1-2H3,(H,27,31)(H,29,33)/t26-/m0/s1. The maximum absolute atomic E-state index is 12.9. The van der Waals surface area contributed by atoms with Crippen LogP contribution in [0, 0.1) is 6.92 Å². The van der Waals surface area contributed by atoms with E-state index in [9.17, 15) is 14.4 Å². The largest absolute Gasteiger partial charge is 0.354 e. The van der Waals surface area contributed by atoms with E-state index in [0.717, 1.165) is 32.3 Å². The van der Waals surface area contributed by atoms with Crippen molar-refractivity contribution in [1.82, 2.24) is 20.5 Å². The third kappa shape index (κ3) is 5.51. The topological polar surface area (TPSA) is 91.4 Å². The summed E-state index contributed by atoms with van der Waals surface area (Å²) in [5.74, 6) is -0.721. The van der Waals surface area contributed by atoms with E-state index in [1.165, 1.54) is 0 Å². The summed E-state index contributed by atoms with van der Waals surface area (Å²) in [5, 5.41) is 8.64. The molecule has 1 atom stereocenters. The van der Waals surface area contributed by atoms with Crippen molar-refractivity contribution in [2.24, 2.45) is 0 Å². The van der Waals surface area contributed by atoms with Crippen molar-refractivity contribution in [3.63, 3.8) is 0 Å². The van der Waals surface area contributed by atoms with E-state index < -0.39 is 11.6 Å². The number of thiazole rings is 1. The lowest BCUT2D eigenvalue weighted by Crippen LogP contribution is -2.45. The molecule has 0 aliphatic carbocycles. The number of carbonyl (C=O) groups excluding carboxylic acids is 3. The molecule has 0 radical (unpaired) electrons. The SMILES string of the molecule is Cc1nc(-c2ccc(CCNC(=O)CN3C(=O)N[C@@](C)(CCc4ccccc4)C3=O)cc2)cs1. The smallest absolute Gasteiger partial charge is 0.325 e. The van der Waals surface area contributed by atoms with Crippen molar-refractivity contribution in [3.05, 3.63) is 76.1 Å². The van der Waals surface area contributed by atoms with Crippen molar-refractivity contribution in [2.75, 3.05) is 13.1 Å². The third-order valence-corrected chi connectivity index (χ3v) is 6.78. The van der Waals surface area contributed by atoms with E-state index in [4.69, 9.17) is 0 Å². The Morgan fingerprint density at radius 3 is 2.44 bits per heavy atom. The highest BCUT2D eigenvalue weighted by Crippen LogP contribution is 2.24. The number of benzene rings is 2. The molecule has 1 fully saturated rings. The van der Waals surface area contributed by atoms with Gasteiger partial charge in [0.25, 0.3) is 5.91 Å². The minimum Gasteiger partial charge on any atom is -0.354 e. The van der Waals surface area contributed by atoms with Gasteiger partial charge in [0, 0.05) is 17.5 Å². The van der Waals surface area contributed by atoms with Gasteiger partial charge in [0.1, 0.15) is 12.1 Å². The van der Waals surface area contributed by atoms with E-state index in [-0.39, 0.29) is 18.4 Å². The number of imide groups is 1. The fourth-order valence-corrected chi connectivity index (χ4v) is 4.61. The van der Waals surface area contributed by atoms with Gasteiger partial charge in [0.2, 0.25) is 5.91 Å². The molecule has 1 aliphatic heterocycles. The summed E-state index contributed by atoms with van der Waals surface area (Å²) in [6, 6.07) is 17.4. The van der Waals surface area contributed by atoms with Crippen LogP contribution in [0.5, 0.6) is 0 Å².